The molecule has 2 aromatic rings. The van der Waals surface area contributed by atoms with E-state index in [9.17, 15) is 4.39 Å². The van der Waals surface area contributed by atoms with Gasteiger partial charge in [-0.3, -0.25) is 4.98 Å². The third kappa shape index (κ3) is 4.53. The van der Waals surface area contributed by atoms with Crippen molar-refractivity contribution >= 4 is 5.69 Å². The molecule has 0 aliphatic rings. The molecular formula is C17H22FN3. The number of hydrogen-bond donors (Lipinski definition) is 1. The van der Waals surface area contributed by atoms with Crippen molar-refractivity contribution in [2.45, 2.75) is 26.4 Å². The first-order valence-corrected chi connectivity index (χ1v) is 7.30. The van der Waals surface area contributed by atoms with Crippen LogP contribution in [0.4, 0.5) is 10.1 Å². The Bertz CT molecular complexity index is 571. The van der Waals surface area contributed by atoms with Crippen LogP contribution in [-0.2, 0) is 13.1 Å². The Kier molecular flexibility index (Phi) is 5.69. The van der Waals surface area contributed by atoms with Gasteiger partial charge in [-0.25, -0.2) is 4.39 Å². The molecular weight excluding hydrogens is 265 g/mol. The van der Waals surface area contributed by atoms with Gasteiger partial charge in [0, 0.05) is 43.8 Å². The first kappa shape index (κ1) is 15.4. The zero-order valence-corrected chi connectivity index (χ0v) is 12.6. The number of nitrogens with one attached hydrogen (secondary N) is 1. The maximum absolute atomic E-state index is 13.3. The summed E-state index contributed by atoms with van der Waals surface area (Å²) >= 11 is 0. The predicted octanol–water partition coefficient (Wildman–Crippen LogP) is 3.36. The van der Waals surface area contributed by atoms with Gasteiger partial charge in [0.1, 0.15) is 5.82 Å². The summed E-state index contributed by atoms with van der Waals surface area (Å²) in [6.07, 6.45) is 4.79. The minimum absolute atomic E-state index is 0.194. The van der Waals surface area contributed by atoms with Crippen LogP contribution in [0.1, 0.15) is 24.5 Å². The van der Waals surface area contributed by atoms with Crippen LogP contribution in [0.2, 0.25) is 0 Å². The van der Waals surface area contributed by atoms with Crippen LogP contribution in [0.15, 0.2) is 42.7 Å². The predicted molar refractivity (Wildman–Crippen MR) is 84.7 cm³/mol. The molecule has 1 heterocycles. The van der Waals surface area contributed by atoms with Gasteiger partial charge in [-0.2, -0.15) is 0 Å². The molecule has 0 saturated heterocycles. The molecule has 2 rings (SSSR count). The van der Waals surface area contributed by atoms with E-state index in [1.165, 1.54) is 6.07 Å². The van der Waals surface area contributed by atoms with Gasteiger partial charge in [0.15, 0.2) is 0 Å². The quantitative estimate of drug-likeness (QED) is 0.792. The molecule has 21 heavy (non-hydrogen) atoms. The van der Waals surface area contributed by atoms with E-state index in [0.717, 1.165) is 36.3 Å². The normalized spacial score (nSPS) is 10.6. The van der Waals surface area contributed by atoms with Crippen molar-refractivity contribution in [3.8, 4) is 0 Å². The summed E-state index contributed by atoms with van der Waals surface area (Å²) in [6, 6.07) is 8.73. The topological polar surface area (TPSA) is 28.2 Å². The lowest BCUT2D eigenvalue weighted by Crippen LogP contribution is -2.21. The van der Waals surface area contributed by atoms with E-state index in [1.807, 2.05) is 25.4 Å². The van der Waals surface area contributed by atoms with Gasteiger partial charge in [-0.15, -0.1) is 0 Å². The van der Waals surface area contributed by atoms with Crippen LogP contribution in [0.5, 0.6) is 0 Å². The van der Waals surface area contributed by atoms with Crippen molar-refractivity contribution in [1.29, 1.82) is 0 Å². The number of rotatable bonds is 7. The van der Waals surface area contributed by atoms with Crippen LogP contribution in [-0.4, -0.2) is 18.6 Å². The molecule has 0 amide bonds. The van der Waals surface area contributed by atoms with Crippen molar-refractivity contribution in [2.75, 3.05) is 18.5 Å². The number of hydrogen-bond acceptors (Lipinski definition) is 3. The second-order valence-corrected chi connectivity index (χ2v) is 5.17. The Balaban J connectivity index is 2.09. The summed E-state index contributed by atoms with van der Waals surface area (Å²) in [5, 5.41) is 3.39. The number of anilines is 1. The molecule has 4 heteroatoms. The molecule has 0 aliphatic heterocycles. The van der Waals surface area contributed by atoms with E-state index in [0.29, 0.717) is 6.54 Å². The Morgan fingerprint density at radius 1 is 1.29 bits per heavy atom. The van der Waals surface area contributed by atoms with Crippen molar-refractivity contribution < 1.29 is 4.39 Å². The highest BCUT2D eigenvalue weighted by molar-refractivity contribution is 5.52. The highest BCUT2D eigenvalue weighted by Crippen LogP contribution is 2.20. The van der Waals surface area contributed by atoms with Crippen molar-refractivity contribution in [3.63, 3.8) is 0 Å². The number of aromatic nitrogens is 1. The molecule has 1 aromatic carbocycles. The largest absolute Gasteiger partial charge is 0.370 e. The Morgan fingerprint density at radius 3 is 2.90 bits per heavy atom. The number of benzene rings is 1. The Labute approximate surface area is 125 Å². The number of nitrogens with zero attached hydrogens (tertiary/aromatic N) is 2. The molecule has 3 nitrogen and oxygen atoms in total. The van der Waals surface area contributed by atoms with Crippen LogP contribution in [0, 0.1) is 5.82 Å². The molecule has 0 bridgehead atoms. The second-order valence-electron chi connectivity index (χ2n) is 5.17. The third-order valence-electron chi connectivity index (χ3n) is 3.34. The van der Waals surface area contributed by atoms with E-state index in [1.54, 1.807) is 18.3 Å². The molecule has 0 fully saturated rings. The first-order valence-electron chi connectivity index (χ1n) is 7.30. The zero-order chi connectivity index (χ0) is 15.1. The van der Waals surface area contributed by atoms with Crippen molar-refractivity contribution in [2.24, 2.45) is 0 Å². The van der Waals surface area contributed by atoms with Crippen LogP contribution in [0.3, 0.4) is 0 Å². The van der Waals surface area contributed by atoms with E-state index < -0.39 is 0 Å². The van der Waals surface area contributed by atoms with Crippen LogP contribution in [0.25, 0.3) is 0 Å². The summed E-state index contributed by atoms with van der Waals surface area (Å²) in [4.78, 5) is 6.33. The summed E-state index contributed by atoms with van der Waals surface area (Å²) in [5.74, 6) is -0.194. The second kappa shape index (κ2) is 7.74. The summed E-state index contributed by atoms with van der Waals surface area (Å²) < 4.78 is 13.3. The van der Waals surface area contributed by atoms with E-state index >= 15 is 0 Å². The monoisotopic (exact) mass is 287 g/mol. The van der Waals surface area contributed by atoms with Gasteiger partial charge < -0.3 is 10.2 Å². The maximum Gasteiger partial charge on any atom is 0.123 e. The van der Waals surface area contributed by atoms with Gasteiger partial charge in [-0.1, -0.05) is 19.1 Å². The fourth-order valence-electron chi connectivity index (χ4n) is 2.32. The Morgan fingerprint density at radius 2 is 2.14 bits per heavy atom. The Hall–Kier alpha value is -1.94. The van der Waals surface area contributed by atoms with E-state index in [-0.39, 0.29) is 5.82 Å². The molecule has 112 valence electrons. The van der Waals surface area contributed by atoms with E-state index in [4.69, 9.17) is 0 Å². The summed E-state index contributed by atoms with van der Waals surface area (Å²) in [5.41, 5.74) is 3.24. The lowest BCUT2D eigenvalue weighted by molar-refractivity contribution is 0.625. The van der Waals surface area contributed by atoms with Crippen LogP contribution >= 0.6 is 0 Å². The standard InChI is InChI=1S/C17H22FN3/c1-3-8-19-11-15-12-20-9-7-17(15)21(2)13-14-5-4-6-16(18)10-14/h4-7,9-10,12,19H,3,8,11,13H2,1-2H3. The average molecular weight is 287 g/mol. The average Bonchev–Trinajstić information content (AvgIpc) is 2.48. The highest BCUT2D eigenvalue weighted by atomic mass is 19.1. The summed E-state index contributed by atoms with van der Waals surface area (Å²) in [7, 11) is 2.02. The van der Waals surface area contributed by atoms with Crippen LogP contribution < -0.4 is 10.2 Å². The molecule has 0 saturated carbocycles. The lowest BCUT2D eigenvalue weighted by Gasteiger charge is -2.22. The fraction of sp³-hybridized carbons (Fsp3) is 0.353. The maximum atomic E-state index is 13.3. The molecule has 0 atom stereocenters. The smallest absolute Gasteiger partial charge is 0.123 e. The lowest BCUT2D eigenvalue weighted by atomic mass is 10.1. The highest BCUT2D eigenvalue weighted by Gasteiger charge is 2.08. The van der Waals surface area contributed by atoms with Crippen molar-refractivity contribution in [1.82, 2.24) is 10.3 Å². The molecule has 1 aromatic heterocycles. The SMILES string of the molecule is CCCNCc1cnccc1N(C)Cc1cccc(F)c1. The molecule has 0 aliphatic carbocycles. The molecule has 1 N–H and O–H groups in total. The number of pyridine rings is 1. The summed E-state index contributed by atoms with van der Waals surface area (Å²) in [6.45, 7) is 4.60. The molecule has 0 spiro atoms. The van der Waals surface area contributed by atoms with Gasteiger partial charge in [0.2, 0.25) is 0 Å². The fourth-order valence-corrected chi connectivity index (χ4v) is 2.32. The number of halogens is 1. The first-order chi connectivity index (χ1) is 10.2. The van der Waals surface area contributed by atoms with Gasteiger partial charge in [-0.05, 0) is 36.7 Å². The van der Waals surface area contributed by atoms with Gasteiger partial charge in [0.05, 0.1) is 0 Å². The minimum atomic E-state index is -0.194. The van der Waals surface area contributed by atoms with E-state index in [2.05, 4.69) is 22.1 Å². The zero-order valence-electron chi connectivity index (χ0n) is 12.6. The molecule has 0 radical (unpaired) electrons. The van der Waals surface area contributed by atoms with Gasteiger partial charge in [0.25, 0.3) is 0 Å². The molecule has 0 unspecified atom stereocenters. The van der Waals surface area contributed by atoms with Crippen molar-refractivity contribution in [3.05, 3.63) is 59.7 Å². The third-order valence-corrected chi connectivity index (χ3v) is 3.34. The van der Waals surface area contributed by atoms with Gasteiger partial charge >= 0.3 is 0 Å². The minimum Gasteiger partial charge on any atom is -0.370 e.